The summed E-state index contributed by atoms with van der Waals surface area (Å²) in [7, 11) is 0. The van der Waals surface area contributed by atoms with Crippen LogP contribution in [0.4, 0.5) is 0 Å². The minimum atomic E-state index is 0.0194. The number of piperidine rings is 1. The van der Waals surface area contributed by atoms with Crippen LogP contribution < -0.4 is 5.32 Å². The molecule has 1 N–H and O–H groups in total. The fourth-order valence-corrected chi connectivity index (χ4v) is 4.05. The molecule has 30 heavy (non-hydrogen) atoms. The number of nitrogens with one attached hydrogen (secondary N) is 1. The zero-order valence-electron chi connectivity index (χ0n) is 16.6. The second kappa shape index (κ2) is 9.65. The van der Waals surface area contributed by atoms with Crippen LogP contribution >= 0.6 is 23.2 Å². The maximum absolute atomic E-state index is 12.7. The summed E-state index contributed by atoms with van der Waals surface area (Å²) in [5.41, 5.74) is 1.61. The number of nitrogens with zero attached hydrogens (tertiary/aromatic N) is 3. The first-order chi connectivity index (χ1) is 14.6. The zero-order valence-corrected chi connectivity index (χ0v) is 18.1. The van der Waals surface area contributed by atoms with Crippen LogP contribution in [0.5, 0.6) is 0 Å². The molecule has 0 spiro atoms. The van der Waals surface area contributed by atoms with E-state index in [9.17, 15) is 4.79 Å². The molecule has 3 aromatic rings. The number of benzene rings is 1. The second-order valence-electron chi connectivity index (χ2n) is 7.57. The molecule has 0 saturated carbocycles. The van der Waals surface area contributed by atoms with Crippen LogP contribution in [0.15, 0.2) is 60.9 Å². The Bertz CT molecular complexity index is 998. The van der Waals surface area contributed by atoms with Gasteiger partial charge in [-0.1, -0.05) is 29.3 Å². The Morgan fingerprint density at radius 3 is 2.53 bits per heavy atom. The Labute approximate surface area is 186 Å². The van der Waals surface area contributed by atoms with Gasteiger partial charge in [0.05, 0.1) is 15.7 Å². The zero-order chi connectivity index (χ0) is 20.9. The van der Waals surface area contributed by atoms with Gasteiger partial charge < -0.3 is 14.8 Å². The minimum Gasteiger partial charge on any atom is -0.339 e. The fourth-order valence-electron chi connectivity index (χ4n) is 3.75. The van der Waals surface area contributed by atoms with E-state index in [4.69, 9.17) is 28.2 Å². The summed E-state index contributed by atoms with van der Waals surface area (Å²) in [6.07, 6.45) is 5.95. The van der Waals surface area contributed by atoms with Gasteiger partial charge in [-0.05, 0) is 67.8 Å². The molecule has 3 heterocycles. The van der Waals surface area contributed by atoms with E-state index in [0.717, 1.165) is 50.5 Å². The van der Waals surface area contributed by atoms with Crippen molar-refractivity contribution in [3.63, 3.8) is 0 Å². The largest absolute Gasteiger partial charge is 0.339 e. The molecule has 4 rings (SSSR count). The molecule has 0 unspecified atom stereocenters. The number of aromatic nitrogens is 2. The molecule has 0 aliphatic carbocycles. The Morgan fingerprint density at radius 1 is 1.03 bits per heavy atom. The third-order valence-electron chi connectivity index (χ3n) is 5.47. The highest BCUT2D eigenvalue weighted by Gasteiger charge is 2.23. The molecule has 1 amide bonds. The van der Waals surface area contributed by atoms with Gasteiger partial charge in [-0.3, -0.25) is 4.79 Å². The predicted molar refractivity (Wildman–Crippen MR) is 120 cm³/mol. The molecule has 2 aromatic heterocycles. The van der Waals surface area contributed by atoms with Gasteiger partial charge in [0.15, 0.2) is 0 Å². The number of halogens is 2. The van der Waals surface area contributed by atoms with Crippen molar-refractivity contribution in [1.29, 1.82) is 0 Å². The molecule has 0 radical (unpaired) electrons. The van der Waals surface area contributed by atoms with Gasteiger partial charge in [-0.15, -0.1) is 0 Å². The van der Waals surface area contributed by atoms with Crippen LogP contribution in [0.1, 0.15) is 28.9 Å². The summed E-state index contributed by atoms with van der Waals surface area (Å²) in [4.78, 5) is 19.3. The van der Waals surface area contributed by atoms with Gasteiger partial charge in [-0.2, -0.15) is 0 Å². The highest BCUT2D eigenvalue weighted by molar-refractivity contribution is 6.42. The van der Waals surface area contributed by atoms with E-state index >= 15 is 0 Å². The number of carbonyl (C=O) groups is 1. The fraction of sp³-hybridized carbons (Fsp3) is 0.304. The van der Waals surface area contributed by atoms with Gasteiger partial charge in [-0.25, -0.2) is 4.98 Å². The third kappa shape index (κ3) is 5.04. The molecule has 1 aliphatic rings. The molecular formula is C23H24Cl2N4O. The summed E-state index contributed by atoms with van der Waals surface area (Å²) >= 11 is 12.0. The average Bonchev–Trinajstić information content (AvgIpc) is 3.31. The van der Waals surface area contributed by atoms with Crippen LogP contribution in [-0.4, -0.2) is 40.0 Å². The molecule has 1 saturated heterocycles. The maximum atomic E-state index is 12.7. The van der Waals surface area contributed by atoms with E-state index in [1.807, 2.05) is 52.2 Å². The lowest BCUT2D eigenvalue weighted by atomic mass is 9.96. The number of likely N-dealkylation sites (tertiary alicyclic amines) is 1. The quantitative estimate of drug-likeness (QED) is 0.594. The number of rotatable bonds is 6. The first-order valence-electron chi connectivity index (χ1n) is 10.1. The topological polar surface area (TPSA) is 50.2 Å². The number of hydrogen-bond donors (Lipinski definition) is 1. The van der Waals surface area contributed by atoms with Crippen molar-refractivity contribution >= 4 is 29.1 Å². The van der Waals surface area contributed by atoms with Gasteiger partial charge >= 0.3 is 0 Å². The van der Waals surface area contributed by atoms with E-state index in [1.54, 1.807) is 18.2 Å². The SMILES string of the molecule is O=C(c1ccc(Cl)c(Cl)c1)N1CCC(CNCc2cccc(-n3cccc3)n2)CC1. The summed E-state index contributed by atoms with van der Waals surface area (Å²) in [6.45, 7) is 3.17. The minimum absolute atomic E-state index is 0.0194. The summed E-state index contributed by atoms with van der Waals surface area (Å²) in [5.74, 6) is 1.50. The lowest BCUT2D eigenvalue weighted by molar-refractivity contribution is 0.0690. The first-order valence-corrected chi connectivity index (χ1v) is 10.9. The highest BCUT2D eigenvalue weighted by Crippen LogP contribution is 2.25. The first kappa shape index (κ1) is 20.9. The number of hydrogen-bond acceptors (Lipinski definition) is 3. The van der Waals surface area contributed by atoms with Crippen molar-refractivity contribution in [2.45, 2.75) is 19.4 Å². The van der Waals surface area contributed by atoms with Gasteiger partial charge in [0.1, 0.15) is 5.82 Å². The Kier molecular flexibility index (Phi) is 6.72. The van der Waals surface area contributed by atoms with E-state index in [1.165, 1.54) is 0 Å². The average molecular weight is 443 g/mol. The molecular weight excluding hydrogens is 419 g/mol. The van der Waals surface area contributed by atoms with Crippen molar-refractivity contribution in [2.24, 2.45) is 5.92 Å². The predicted octanol–water partition coefficient (Wildman–Crippen LogP) is 4.82. The van der Waals surface area contributed by atoms with Crippen LogP contribution in [0, 0.1) is 5.92 Å². The molecule has 1 aliphatic heterocycles. The number of amides is 1. The van der Waals surface area contributed by atoms with Crippen LogP contribution in [0.25, 0.3) is 5.82 Å². The lowest BCUT2D eigenvalue weighted by Gasteiger charge is -2.32. The second-order valence-corrected chi connectivity index (χ2v) is 8.39. The highest BCUT2D eigenvalue weighted by atomic mass is 35.5. The number of carbonyl (C=O) groups excluding carboxylic acids is 1. The van der Waals surface area contributed by atoms with Crippen LogP contribution in [0.3, 0.4) is 0 Å². The van der Waals surface area contributed by atoms with E-state index < -0.39 is 0 Å². The Morgan fingerprint density at radius 2 is 1.80 bits per heavy atom. The van der Waals surface area contributed by atoms with Crippen molar-refractivity contribution in [2.75, 3.05) is 19.6 Å². The Hall–Kier alpha value is -2.34. The van der Waals surface area contributed by atoms with E-state index in [-0.39, 0.29) is 5.91 Å². The standard InChI is InChI=1S/C23H24Cl2N4O/c24-20-7-6-18(14-21(20)25)23(30)29-12-8-17(9-13-29)15-26-16-19-4-3-5-22(27-19)28-10-1-2-11-28/h1-7,10-11,14,17,26H,8-9,12-13,15-16H2. The molecule has 1 aromatic carbocycles. The molecule has 5 nitrogen and oxygen atoms in total. The summed E-state index contributed by atoms with van der Waals surface area (Å²) in [5, 5.41) is 4.40. The summed E-state index contributed by atoms with van der Waals surface area (Å²) in [6, 6.07) is 15.1. The van der Waals surface area contributed by atoms with Crippen molar-refractivity contribution in [3.8, 4) is 5.82 Å². The van der Waals surface area contributed by atoms with Gasteiger partial charge in [0.2, 0.25) is 0 Å². The van der Waals surface area contributed by atoms with E-state index in [0.29, 0.717) is 21.5 Å². The molecule has 156 valence electrons. The van der Waals surface area contributed by atoms with Crippen LogP contribution in [-0.2, 0) is 6.54 Å². The molecule has 0 atom stereocenters. The normalized spacial score (nSPS) is 14.8. The summed E-state index contributed by atoms with van der Waals surface area (Å²) < 4.78 is 2.00. The van der Waals surface area contributed by atoms with Gasteiger partial charge in [0.25, 0.3) is 5.91 Å². The lowest BCUT2D eigenvalue weighted by Crippen LogP contribution is -2.40. The molecule has 0 bridgehead atoms. The van der Waals surface area contributed by atoms with Crippen molar-refractivity contribution < 1.29 is 4.79 Å². The van der Waals surface area contributed by atoms with Crippen LogP contribution in [0.2, 0.25) is 10.0 Å². The van der Waals surface area contributed by atoms with Crippen molar-refractivity contribution in [1.82, 2.24) is 19.8 Å². The third-order valence-corrected chi connectivity index (χ3v) is 6.21. The van der Waals surface area contributed by atoms with Gasteiger partial charge in [0, 0.05) is 37.6 Å². The molecule has 1 fully saturated rings. The van der Waals surface area contributed by atoms with Crippen molar-refractivity contribution in [3.05, 3.63) is 82.2 Å². The monoisotopic (exact) mass is 442 g/mol. The number of pyridine rings is 1. The maximum Gasteiger partial charge on any atom is 0.253 e. The molecule has 7 heteroatoms. The smallest absolute Gasteiger partial charge is 0.253 e. The Balaban J connectivity index is 1.24. The van der Waals surface area contributed by atoms with E-state index in [2.05, 4.69) is 5.32 Å².